The Bertz CT molecular complexity index is 465. The highest BCUT2D eigenvalue weighted by molar-refractivity contribution is 6.33. The number of benzene rings is 1. The quantitative estimate of drug-likeness (QED) is 0.682. The van der Waals surface area contributed by atoms with Gasteiger partial charge in [-0.1, -0.05) is 11.6 Å². The van der Waals surface area contributed by atoms with Crippen LogP contribution in [-0.2, 0) is 0 Å². The lowest BCUT2D eigenvalue weighted by Gasteiger charge is -2.34. The van der Waals surface area contributed by atoms with Crippen LogP contribution in [0.25, 0.3) is 0 Å². The van der Waals surface area contributed by atoms with E-state index in [2.05, 4.69) is 10.2 Å². The molecule has 1 atom stereocenters. The van der Waals surface area contributed by atoms with Gasteiger partial charge in [-0.25, -0.2) is 0 Å². The molecule has 0 radical (unpaired) electrons. The number of anilines is 1. The van der Waals surface area contributed by atoms with Crippen LogP contribution in [-0.4, -0.2) is 31.6 Å². The number of hydrogen-bond donors (Lipinski definition) is 1. The van der Waals surface area contributed by atoms with Crippen molar-refractivity contribution in [3.8, 4) is 0 Å². The van der Waals surface area contributed by atoms with Crippen LogP contribution in [0.15, 0.2) is 18.2 Å². The van der Waals surface area contributed by atoms with Crippen molar-refractivity contribution in [2.75, 3.05) is 31.6 Å². The second-order valence-corrected chi connectivity index (χ2v) is 5.31. The largest absolute Gasteiger partial charge is 0.370 e. The van der Waals surface area contributed by atoms with Gasteiger partial charge in [0.25, 0.3) is 5.69 Å². The molecule has 104 valence electrons. The molecule has 1 aliphatic rings. The summed E-state index contributed by atoms with van der Waals surface area (Å²) in [6.45, 7) is 2.89. The number of nitro groups is 1. The summed E-state index contributed by atoms with van der Waals surface area (Å²) in [7, 11) is 1.96. The first-order chi connectivity index (χ1) is 9.11. The minimum Gasteiger partial charge on any atom is -0.370 e. The van der Waals surface area contributed by atoms with Gasteiger partial charge in [0.2, 0.25) is 0 Å². The third kappa shape index (κ3) is 3.36. The summed E-state index contributed by atoms with van der Waals surface area (Å²) in [4.78, 5) is 12.5. The predicted molar refractivity (Wildman–Crippen MR) is 77.0 cm³/mol. The zero-order valence-electron chi connectivity index (χ0n) is 10.9. The molecule has 0 amide bonds. The first kappa shape index (κ1) is 14.1. The van der Waals surface area contributed by atoms with Crippen LogP contribution < -0.4 is 10.2 Å². The molecular weight excluding hydrogens is 266 g/mol. The molecule has 1 unspecified atom stereocenters. The maximum atomic E-state index is 10.7. The summed E-state index contributed by atoms with van der Waals surface area (Å²) in [6, 6.07) is 4.70. The number of halogens is 1. The number of piperidine rings is 1. The number of rotatable bonds is 4. The second kappa shape index (κ2) is 6.21. The van der Waals surface area contributed by atoms with E-state index in [1.807, 2.05) is 7.05 Å². The monoisotopic (exact) mass is 283 g/mol. The summed E-state index contributed by atoms with van der Waals surface area (Å²) in [6.07, 6.45) is 2.33. The molecule has 0 aliphatic carbocycles. The molecule has 0 saturated carbocycles. The van der Waals surface area contributed by atoms with Gasteiger partial charge in [-0.15, -0.1) is 0 Å². The van der Waals surface area contributed by atoms with Crippen molar-refractivity contribution in [1.82, 2.24) is 5.32 Å². The third-order valence-corrected chi connectivity index (χ3v) is 3.80. The number of nitro benzene ring substituents is 1. The number of hydrogen-bond acceptors (Lipinski definition) is 4. The number of nitrogens with zero attached hydrogens (tertiary/aromatic N) is 2. The highest BCUT2D eigenvalue weighted by Crippen LogP contribution is 2.32. The van der Waals surface area contributed by atoms with Gasteiger partial charge in [-0.2, -0.15) is 0 Å². The topological polar surface area (TPSA) is 58.4 Å². The van der Waals surface area contributed by atoms with Crippen molar-refractivity contribution in [1.29, 1.82) is 0 Å². The summed E-state index contributed by atoms with van der Waals surface area (Å²) in [5.41, 5.74) is 0.936. The third-order valence-electron chi connectivity index (χ3n) is 3.49. The lowest BCUT2D eigenvalue weighted by atomic mass is 9.97. The molecular formula is C13H18ClN3O2. The molecule has 0 aromatic heterocycles. The summed E-state index contributed by atoms with van der Waals surface area (Å²) in [5.74, 6) is 0.602. The standard InChI is InChI=1S/C13H18ClN3O2/c1-15-8-10-3-2-6-16(9-10)13-5-4-11(17(18)19)7-12(13)14/h4-5,7,10,15H,2-3,6,8-9H2,1H3. The fraction of sp³-hybridized carbons (Fsp3) is 0.538. The van der Waals surface area contributed by atoms with Crippen LogP contribution in [0.2, 0.25) is 5.02 Å². The minimum absolute atomic E-state index is 0.0394. The van der Waals surface area contributed by atoms with Gasteiger partial charge >= 0.3 is 0 Å². The highest BCUT2D eigenvalue weighted by atomic mass is 35.5. The number of non-ortho nitro benzene ring substituents is 1. The highest BCUT2D eigenvalue weighted by Gasteiger charge is 2.22. The van der Waals surface area contributed by atoms with E-state index in [1.54, 1.807) is 6.07 Å². The van der Waals surface area contributed by atoms with Gasteiger partial charge in [0.05, 0.1) is 15.6 Å². The van der Waals surface area contributed by atoms with Gasteiger partial charge in [0, 0.05) is 25.2 Å². The molecule has 0 spiro atoms. The van der Waals surface area contributed by atoms with E-state index in [0.29, 0.717) is 10.9 Å². The fourth-order valence-electron chi connectivity index (χ4n) is 2.60. The Labute approximate surface area is 117 Å². The average molecular weight is 284 g/mol. The zero-order valence-corrected chi connectivity index (χ0v) is 11.7. The van der Waals surface area contributed by atoms with Crippen molar-refractivity contribution in [3.05, 3.63) is 33.3 Å². The minimum atomic E-state index is -0.421. The molecule has 0 bridgehead atoms. The van der Waals surface area contributed by atoms with Crippen LogP contribution in [0.1, 0.15) is 12.8 Å². The molecule has 5 nitrogen and oxygen atoms in total. The lowest BCUT2D eigenvalue weighted by Crippen LogP contribution is -2.39. The Morgan fingerprint density at radius 1 is 1.58 bits per heavy atom. The molecule has 1 heterocycles. The van der Waals surface area contributed by atoms with E-state index in [9.17, 15) is 10.1 Å². The average Bonchev–Trinajstić information content (AvgIpc) is 2.39. The van der Waals surface area contributed by atoms with Gasteiger partial charge in [0.15, 0.2) is 0 Å². The SMILES string of the molecule is CNCC1CCCN(c2ccc([N+](=O)[O-])cc2Cl)C1. The van der Waals surface area contributed by atoms with Crippen LogP contribution in [0.5, 0.6) is 0 Å². The summed E-state index contributed by atoms with van der Waals surface area (Å²) >= 11 is 6.17. The Balaban J connectivity index is 2.15. The van der Waals surface area contributed by atoms with E-state index < -0.39 is 4.92 Å². The Hall–Kier alpha value is -1.33. The first-order valence-corrected chi connectivity index (χ1v) is 6.83. The molecule has 1 saturated heterocycles. The first-order valence-electron chi connectivity index (χ1n) is 6.45. The van der Waals surface area contributed by atoms with E-state index in [-0.39, 0.29) is 5.69 Å². The molecule has 1 N–H and O–H groups in total. The lowest BCUT2D eigenvalue weighted by molar-refractivity contribution is -0.384. The van der Waals surface area contributed by atoms with Gasteiger partial charge < -0.3 is 10.2 Å². The fourth-order valence-corrected chi connectivity index (χ4v) is 2.90. The Morgan fingerprint density at radius 2 is 2.37 bits per heavy atom. The number of nitrogens with one attached hydrogen (secondary N) is 1. The zero-order chi connectivity index (χ0) is 13.8. The maximum Gasteiger partial charge on any atom is 0.271 e. The molecule has 2 rings (SSSR count). The molecule has 1 aromatic rings. The van der Waals surface area contributed by atoms with Crippen molar-refractivity contribution >= 4 is 23.0 Å². The van der Waals surface area contributed by atoms with Crippen molar-refractivity contribution < 1.29 is 4.92 Å². The maximum absolute atomic E-state index is 10.7. The van der Waals surface area contributed by atoms with Gasteiger partial charge in [-0.05, 0) is 38.4 Å². The Morgan fingerprint density at radius 3 is 3.00 bits per heavy atom. The molecule has 1 aliphatic heterocycles. The molecule has 6 heteroatoms. The second-order valence-electron chi connectivity index (χ2n) is 4.90. The summed E-state index contributed by atoms with van der Waals surface area (Å²) < 4.78 is 0. The van der Waals surface area contributed by atoms with Gasteiger partial charge in [0.1, 0.15) is 0 Å². The van der Waals surface area contributed by atoms with Crippen molar-refractivity contribution in [2.24, 2.45) is 5.92 Å². The van der Waals surface area contributed by atoms with E-state index in [0.717, 1.165) is 31.7 Å². The van der Waals surface area contributed by atoms with Crippen LogP contribution in [0.4, 0.5) is 11.4 Å². The van der Waals surface area contributed by atoms with E-state index >= 15 is 0 Å². The smallest absolute Gasteiger partial charge is 0.271 e. The normalized spacial score (nSPS) is 19.5. The van der Waals surface area contributed by atoms with Crippen LogP contribution in [0, 0.1) is 16.0 Å². The molecule has 1 aromatic carbocycles. The van der Waals surface area contributed by atoms with Crippen LogP contribution in [0.3, 0.4) is 0 Å². The van der Waals surface area contributed by atoms with Gasteiger partial charge in [-0.3, -0.25) is 10.1 Å². The summed E-state index contributed by atoms with van der Waals surface area (Å²) in [5, 5.41) is 14.4. The predicted octanol–water partition coefficient (Wildman–Crippen LogP) is 2.68. The van der Waals surface area contributed by atoms with Crippen LogP contribution >= 0.6 is 11.6 Å². The Kier molecular flexibility index (Phi) is 4.61. The van der Waals surface area contributed by atoms with Crippen molar-refractivity contribution in [3.63, 3.8) is 0 Å². The molecule has 19 heavy (non-hydrogen) atoms. The van der Waals surface area contributed by atoms with Crippen molar-refractivity contribution in [2.45, 2.75) is 12.8 Å². The van der Waals surface area contributed by atoms with E-state index in [1.165, 1.54) is 18.6 Å². The molecule has 1 fully saturated rings. The van der Waals surface area contributed by atoms with E-state index in [4.69, 9.17) is 11.6 Å².